The fourth-order valence-electron chi connectivity index (χ4n) is 2.55. The fourth-order valence-corrected chi connectivity index (χ4v) is 2.55. The largest absolute Gasteiger partial charge is 0.481 e. The van der Waals surface area contributed by atoms with Gasteiger partial charge in [-0.25, -0.2) is 0 Å². The summed E-state index contributed by atoms with van der Waals surface area (Å²) in [5, 5.41) is 8.93. The van der Waals surface area contributed by atoms with Crippen LogP contribution in [0.1, 0.15) is 24.2 Å². The molecule has 0 saturated carbocycles. The highest BCUT2D eigenvalue weighted by molar-refractivity contribution is 5.80. The number of amides is 1. The molecule has 2 rings (SSSR count). The molecule has 0 atom stereocenters. The van der Waals surface area contributed by atoms with Crippen LogP contribution in [0.4, 0.5) is 0 Å². The third kappa shape index (κ3) is 3.12. The van der Waals surface area contributed by atoms with E-state index in [1.807, 2.05) is 30.7 Å². The zero-order valence-electron chi connectivity index (χ0n) is 11.9. The van der Waals surface area contributed by atoms with Gasteiger partial charge < -0.3 is 15.4 Å². The van der Waals surface area contributed by atoms with Gasteiger partial charge >= 0.3 is 5.97 Å². The molecule has 0 aromatic carbocycles. The van der Waals surface area contributed by atoms with Crippen molar-refractivity contribution in [2.75, 3.05) is 25.1 Å². The van der Waals surface area contributed by atoms with Crippen LogP contribution in [-0.2, 0) is 9.59 Å². The lowest BCUT2D eigenvalue weighted by Gasteiger charge is -2.30. The predicted octanol–water partition coefficient (Wildman–Crippen LogP) is 0.972. The van der Waals surface area contributed by atoms with E-state index in [0.717, 1.165) is 11.4 Å². The highest BCUT2D eigenvalue weighted by atomic mass is 16.4. The van der Waals surface area contributed by atoms with Gasteiger partial charge in [-0.15, -0.1) is 0 Å². The topological polar surface area (TPSA) is 74.6 Å². The Morgan fingerprint density at radius 2 is 1.80 bits per heavy atom. The fraction of sp³-hybridized carbons (Fsp3) is 0.571. The number of hydrogen-bond donors (Lipinski definition) is 2. The van der Waals surface area contributed by atoms with E-state index < -0.39 is 5.97 Å². The minimum absolute atomic E-state index is 0.0151. The number of carboxylic acids is 1. The van der Waals surface area contributed by atoms with Crippen LogP contribution in [0.2, 0.25) is 0 Å². The monoisotopic (exact) mass is 279 g/mol. The molecule has 2 heterocycles. The van der Waals surface area contributed by atoms with Gasteiger partial charge in [0.25, 0.3) is 0 Å². The lowest BCUT2D eigenvalue weighted by molar-refractivity contribution is -0.145. The maximum Gasteiger partial charge on any atom is 0.306 e. The van der Waals surface area contributed by atoms with Crippen LogP contribution in [0, 0.1) is 19.8 Å². The number of aryl methyl sites for hydroxylation is 2. The Morgan fingerprint density at radius 1 is 1.25 bits per heavy atom. The summed E-state index contributed by atoms with van der Waals surface area (Å²) in [6.07, 6.45) is 1.09. The first-order valence-electron chi connectivity index (χ1n) is 6.88. The number of nitrogens with one attached hydrogen (secondary N) is 1. The number of likely N-dealkylation sites (tertiary alicyclic amines) is 1. The first-order chi connectivity index (χ1) is 9.49. The number of aromatic nitrogens is 1. The summed E-state index contributed by atoms with van der Waals surface area (Å²) in [6.45, 7) is 5.24. The molecule has 0 spiro atoms. The summed E-state index contributed by atoms with van der Waals surface area (Å²) in [7, 11) is 0. The quantitative estimate of drug-likeness (QED) is 0.861. The Hall–Kier alpha value is -1.98. The first kappa shape index (κ1) is 14.4. The molecular weight excluding hydrogens is 258 g/mol. The minimum Gasteiger partial charge on any atom is -0.481 e. The molecular formula is C14H21N3O3. The molecule has 0 unspecified atom stereocenters. The lowest BCUT2D eigenvalue weighted by Crippen LogP contribution is -2.43. The van der Waals surface area contributed by atoms with E-state index in [-0.39, 0.29) is 18.4 Å². The van der Waals surface area contributed by atoms with Gasteiger partial charge in [-0.2, -0.15) is 0 Å². The zero-order valence-corrected chi connectivity index (χ0v) is 11.9. The maximum atomic E-state index is 12.1. The van der Waals surface area contributed by atoms with Gasteiger partial charge in [0, 0.05) is 24.5 Å². The first-order valence-corrected chi connectivity index (χ1v) is 6.88. The van der Waals surface area contributed by atoms with E-state index in [1.54, 1.807) is 4.90 Å². The number of nitrogens with zero attached hydrogens (tertiary/aromatic N) is 2. The number of carbonyl (C=O) groups excluding carboxylic acids is 1. The van der Waals surface area contributed by atoms with Gasteiger partial charge in [0.2, 0.25) is 5.91 Å². The molecule has 6 heteroatoms. The summed E-state index contributed by atoms with van der Waals surface area (Å²) in [6, 6.07) is 3.98. The Labute approximate surface area is 118 Å². The van der Waals surface area contributed by atoms with Crippen molar-refractivity contribution in [1.82, 2.24) is 9.58 Å². The van der Waals surface area contributed by atoms with Crippen molar-refractivity contribution in [1.29, 1.82) is 0 Å². The molecule has 1 saturated heterocycles. The molecule has 1 aromatic rings. The van der Waals surface area contributed by atoms with E-state index in [2.05, 4.69) is 5.43 Å². The van der Waals surface area contributed by atoms with Gasteiger partial charge in [-0.1, -0.05) is 0 Å². The highest BCUT2D eigenvalue weighted by Gasteiger charge is 2.26. The van der Waals surface area contributed by atoms with Crippen LogP contribution in [0.25, 0.3) is 0 Å². The predicted molar refractivity (Wildman–Crippen MR) is 75.1 cm³/mol. The second-order valence-corrected chi connectivity index (χ2v) is 5.28. The van der Waals surface area contributed by atoms with Gasteiger partial charge in [-0.3, -0.25) is 14.3 Å². The lowest BCUT2D eigenvalue weighted by atomic mass is 9.97. The number of carbonyl (C=O) groups is 2. The Morgan fingerprint density at radius 3 is 2.30 bits per heavy atom. The number of hydrogen-bond acceptors (Lipinski definition) is 3. The smallest absolute Gasteiger partial charge is 0.306 e. The molecule has 1 fully saturated rings. The van der Waals surface area contributed by atoms with Crippen LogP contribution >= 0.6 is 0 Å². The molecule has 6 nitrogen and oxygen atoms in total. The average Bonchev–Trinajstić information content (AvgIpc) is 2.75. The molecule has 1 aromatic heterocycles. The number of aliphatic carboxylic acids is 1. The summed E-state index contributed by atoms with van der Waals surface area (Å²) < 4.78 is 1.89. The van der Waals surface area contributed by atoms with E-state index in [1.165, 1.54) is 0 Å². The molecule has 1 aliphatic rings. The molecule has 20 heavy (non-hydrogen) atoms. The maximum absolute atomic E-state index is 12.1. The van der Waals surface area contributed by atoms with Crippen LogP contribution in [0.15, 0.2) is 12.1 Å². The Balaban J connectivity index is 1.83. The van der Waals surface area contributed by atoms with E-state index in [4.69, 9.17) is 5.11 Å². The molecule has 1 aliphatic heterocycles. The van der Waals surface area contributed by atoms with Crippen LogP contribution in [-0.4, -0.2) is 46.2 Å². The molecule has 0 bridgehead atoms. The van der Waals surface area contributed by atoms with Crippen molar-refractivity contribution >= 4 is 11.9 Å². The van der Waals surface area contributed by atoms with Crippen molar-refractivity contribution in [2.24, 2.45) is 5.92 Å². The van der Waals surface area contributed by atoms with Crippen molar-refractivity contribution in [3.05, 3.63) is 23.5 Å². The standard InChI is InChI=1S/C14H21N3O3/c1-10-3-4-11(2)17(10)15-9-13(18)16-7-5-12(6-8-16)14(19)20/h3-4,12,15H,5-9H2,1-2H3,(H,19,20). The summed E-state index contributed by atoms with van der Waals surface area (Å²) >= 11 is 0. The van der Waals surface area contributed by atoms with Crippen molar-refractivity contribution in [3.8, 4) is 0 Å². The molecule has 0 aliphatic carbocycles. The van der Waals surface area contributed by atoms with Gasteiger partial charge in [0.15, 0.2) is 0 Å². The third-order valence-corrected chi connectivity index (χ3v) is 3.86. The number of piperidine rings is 1. The van der Waals surface area contributed by atoms with Gasteiger partial charge in [-0.05, 0) is 38.8 Å². The normalized spacial score (nSPS) is 16.2. The van der Waals surface area contributed by atoms with E-state index >= 15 is 0 Å². The summed E-state index contributed by atoms with van der Waals surface area (Å²) in [5.74, 6) is -1.05. The molecule has 2 N–H and O–H groups in total. The van der Waals surface area contributed by atoms with Crippen LogP contribution < -0.4 is 5.43 Å². The number of rotatable bonds is 4. The van der Waals surface area contributed by atoms with E-state index in [9.17, 15) is 9.59 Å². The van der Waals surface area contributed by atoms with Gasteiger partial charge in [0.1, 0.15) is 6.54 Å². The Kier molecular flexibility index (Phi) is 4.32. The second kappa shape index (κ2) is 5.98. The zero-order chi connectivity index (χ0) is 14.7. The van der Waals surface area contributed by atoms with Crippen molar-refractivity contribution < 1.29 is 14.7 Å². The van der Waals surface area contributed by atoms with Gasteiger partial charge in [0.05, 0.1) is 5.92 Å². The van der Waals surface area contributed by atoms with Crippen molar-refractivity contribution in [3.63, 3.8) is 0 Å². The third-order valence-electron chi connectivity index (χ3n) is 3.86. The molecule has 1 amide bonds. The SMILES string of the molecule is Cc1ccc(C)n1NCC(=O)N1CCC(C(=O)O)CC1. The van der Waals surface area contributed by atoms with Crippen LogP contribution in [0.3, 0.4) is 0 Å². The van der Waals surface area contributed by atoms with Crippen molar-refractivity contribution in [2.45, 2.75) is 26.7 Å². The summed E-state index contributed by atoms with van der Waals surface area (Å²) in [5.41, 5.74) is 5.21. The molecule has 110 valence electrons. The molecule has 0 radical (unpaired) electrons. The number of carboxylic acid groups (broad SMARTS) is 1. The average molecular weight is 279 g/mol. The van der Waals surface area contributed by atoms with Crippen LogP contribution in [0.5, 0.6) is 0 Å². The Bertz CT molecular complexity index is 482. The van der Waals surface area contributed by atoms with E-state index in [0.29, 0.717) is 25.9 Å². The highest BCUT2D eigenvalue weighted by Crippen LogP contribution is 2.17. The minimum atomic E-state index is -0.756. The second-order valence-electron chi connectivity index (χ2n) is 5.28. The summed E-state index contributed by atoms with van der Waals surface area (Å²) in [4.78, 5) is 24.7.